The fourth-order valence-electron chi connectivity index (χ4n) is 1.89. The van der Waals surface area contributed by atoms with Crippen LogP contribution < -0.4 is 10.6 Å². The Kier molecular flexibility index (Phi) is 5.59. The van der Waals surface area contributed by atoms with Crippen LogP contribution in [-0.4, -0.2) is 12.6 Å². The molecule has 21 heavy (non-hydrogen) atoms. The summed E-state index contributed by atoms with van der Waals surface area (Å²) in [5.74, 6) is -0.249. The molecule has 0 saturated carbocycles. The largest absolute Gasteiger partial charge is 0.338 e. The van der Waals surface area contributed by atoms with Gasteiger partial charge in [0, 0.05) is 11.4 Å². The highest BCUT2D eigenvalue weighted by molar-refractivity contribution is 7.16. The third-order valence-electron chi connectivity index (χ3n) is 3.01. The number of carbonyl (C=O) groups excluding carboxylic acids is 1. The van der Waals surface area contributed by atoms with E-state index in [1.807, 2.05) is 13.0 Å². The number of urea groups is 1. The van der Waals surface area contributed by atoms with Crippen LogP contribution in [-0.2, 0) is 6.42 Å². The Bertz CT molecular complexity index is 617. The lowest BCUT2D eigenvalue weighted by atomic mass is 10.1. The van der Waals surface area contributed by atoms with Crippen molar-refractivity contribution in [3.8, 4) is 0 Å². The van der Waals surface area contributed by atoms with Gasteiger partial charge >= 0.3 is 6.03 Å². The van der Waals surface area contributed by atoms with E-state index in [1.165, 1.54) is 17.4 Å². The van der Waals surface area contributed by atoms with Crippen LogP contribution in [0.1, 0.15) is 23.4 Å². The van der Waals surface area contributed by atoms with Gasteiger partial charge in [-0.1, -0.05) is 29.8 Å². The average Bonchev–Trinajstić information content (AvgIpc) is 2.88. The highest BCUT2D eigenvalue weighted by Gasteiger charge is 2.11. The first-order valence-electron chi connectivity index (χ1n) is 6.59. The van der Waals surface area contributed by atoms with Crippen molar-refractivity contribution in [1.29, 1.82) is 0 Å². The van der Waals surface area contributed by atoms with Crippen LogP contribution in [0.3, 0.4) is 0 Å². The topological polar surface area (TPSA) is 41.1 Å². The van der Waals surface area contributed by atoms with Gasteiger partial charge in [-0.2, -0.15) is 0 Å². The van der Waals surface area contributed by atoms with Crippen LogP contribution in [0.15, 0.2) is 36.4 Å². The standard InChI is InChI=1S/C15H16ClFN2OS/c1-10(13-6-7-14(16)21-13)19-15(20)18-9-8-11-4-2-3-5-12(11)17/h2-7,10H,8-9H2,1H3,(H2,18,19,20). The fourth-order valence-corrected chi connectivity index (χ4v) is 2.95. The molecule has 2 amide bonds. The summed E-state index contributed by atoms with van der Waals surface area (Å²) in [7, 11) is 0. The van der Waals surface area contributed by atoms with Gasteiger partial charge in [-0.15, -0.1) is 11.3 Å². The smallest absolute Gasteiger partial charge is 0.315 e. The second-order valence-corrected chi connectivity index (χ2v) is 6.35. The lowest BCUT2D eigenvalue weighted by Gasteiger charge is -2.13. The minimum absolute atomic E-state index is 0.115. The van der Waals surface area contributed by atoms with E-state index in [2.05, 4.69) is 10.6 Å². The molecule has 6 heteroatoms. The molecule has 0 spiro atoms. The molecule has 1 aromatic carbocycles. The molecule has 3 nitrogen and oxygen atoms in total. The van der Waals surface area contributed by atoms with Crippen LogP contribution >= 0.6 is 22.9 Å². The van der Waals surface area contributed by atoms with Crippen LogP contribution in [0.5, 0.6) is 0 Å². The zero-order chi connectivity index (χ0) is 15.2. The van der Waals surface area contributed by atoms with Gasteiger partial charge < -0.3 is 10.6 Å². The van der Waals surface area contributed by atoms with E-state index >= 15 is 0 Å². The summed E-state index contributed by atoms with van der Waals surface area (Å²) in [4.78, 5) is 12.8. The van der Waals surface area contributed by atoms with Crippen molar-refractivity contribution in [2.45, 2.75) is 19.4 Å². The maximum Gasteiger partial charge on any atom is 0.315 e. The molecule has 0 aliphatic carbocycles. The summed E-state index contributed by atoms with van der Waals surface area (Å²) in [5, 5.41) is 5.54. The number of hydrogen-bond donors (Lipinski definition) is 2. The van der Waals surface area contributed by atoms with Gasteiger partial charge in [0.05, 0.1) is 10.4 Å². The molecule has 1 heterocycles. The number of rotatable bonds is 5. The van der Waals surface area contributed by atoms with Gasteiger partial charge in [-0.05, 0) is 37.1 Å². The summed E-state index contributed by atoms with van der Waals surface area (Å²) in [5.41, 5.74) is 0.593. The van der Waals surface area contributed by atoms with Crippen molar-refractivity contribution in [3.63, 3.8) is 0 Å². The molecule has 1 unspecified atom stereocenters. The molecule has 0 saturated heterocycles. The highest BCUT2D eigenvalue weighted by atomic mass is 35.5. The number of thiophene rings is 1. The summed E-state index contributed by atoms with van der Waals surface area (Å²) in [6, 6.07) is 9.85. The zero-order valence-corrected chi connectivity index (χ0v) is 13.1. The Morgan fingerprint density at radius 3 is 2.76 bits per heavy atom. The predicted octanol–water partition coefficient (Wildman–Crippen LogP) is 4.14. The van der Waals surface area contributed by atoms with Crippen molar-refractivity contribution in [1.82, 2.24) is 10.6 Å². The number of hydrogen-bond acceptors (Lipinski definition) is 2. The summed E-state index contributed by atoms with van der Waals surface area (Å²) in [6.45, 7) is 2.27. The van der Waals surface area contributed by atoms with Crippen molar-refractivity contribution >= 4 is 29.0 Å². The molecule has 2 N–H and O–H groups in total. The lowest BCUT2D eigenvalue weighted by molar-refractivity contribution is 0.238. The van der Waals surface area contributed by atoms with E-state index in [0.29, 0.717) is 22.9 Å². The maximum absolute atomic E-state index is 13.4. The number of carbonyl (C=O) groups is 1. The minimum Gasteiger partial charge on any atom is -0.338 e. The lowest BCUT2D eigenvalue weighted by Crippen LogP contribution is -2.37. The predicted molar refractivity (Wildman–Crippen MR) is 84.4 cm³/mol. The molecule has 0 aliphatic heterocycles. The number of benzene rings is 1. The number of amides is 2. The van der Waals surface area contributed by atoms with E-state index in [9.17, 15) is 9.18 Å². The average molecular weight is 327 g/mol. The van der Waals surface area contributed by atoms with E-state index in [-0.39, 0.29) is 17.9 Å². The van der Waals surface area contributed by atoms with Gasteiger partial charge in [0.15, 0.2) is 0 Å². The Labute approximate surface area is 132 Å². The summed E-state index contributed by atoms with van der Waals surface area (Å²) in [6.07, 6.45) is 0.458. The molecule has 112 valence electrons. The van der Waals surface area contributed by atoms with E-state index in [0.717, 1.165) is 4.88 Å². The SMILES string of the molecule is CC(NC(=O)NCCc1ccccc1F)c1ccc(Cl)s1. The maximum atomic E-state index is 13.4. The minimum atomic E-state index is -0.275. The summed E-state index contributed by atoms with van der Waals surface area (Å²) >= 11 is 7.30. The first kappa shape index (κ1) is 15.8. The molecule has 0 fully saturated rings. The van der Waals surface area contributed by atoms with Gasteiger partial charge in [-0.25, -0.2) is 9.18 Å². The second kappa shape index (κ2) is 7.43. The molecular formula is C15H16ClFN2OS. The molecule has 0 radical (unpaired) electrons. The van der Waals surface area contributed by atoms with Crippen LogP contribution in [0, 0.1) is 5.82 Å². The van der Waals surface area contributed by atoms with Crippen LogP contribution in [0.4, 0.5) is 9.18 Å². The zero-order valence-electron chi connectivity index (χ0n) is 11.5. The van der Waals surface area contributed by atoms with Crippen molar-refractivity contribution in [3.05, 3.63) is 57.0 Å². The molecule has 1 aromatic heterocycles. The molecule has 2 rings (SSSR count). The fraction of sp³-hybridized carbons (Fsp3) is 0.267. The number of halogens is 2. The van der Waals surface area contributed by atoms with Crippen molar-refractivity contribution < 1.29 is 9.18 Å². The van der Waals surface area contributed by atoms with E-state index < -0.39 is 0 Å². The first-order valence-corrected chi connectivity index (χ1v) is 7.78. The second-order valence-electron chi connectivity index (χ2n) is 4.61. The monoisotopic (exact) mass is 326 g/mol. The van der Waals surface area contributed by atoms with Gasteiger partial charge in [0.1, 0.15) is 5.82 Å². The van der Waals surface area contributed by atoms with E-state index in [1.54, 1.807) is 24.3 Å². The molecule has 0 bridgehead atoms. The third kappa shape index (κ3) is 4.72. The van der Waals surface area contributed by atoms with E-state index in [4.69, 9.17) is 11.6 Å². The van der Waals surface area contributed by atoms with Crippen molar-refractivity contribution in [2.24, 2.45) is 0 Å². The Morgan fingerprint density at radius 2 is 2.10 bits per heavy atom. The highest BCUT2D eigenvalue weighted by Crippen LogP contribution is 2.26. The summed E-state index contributed by atoms with van der Waals surface area (Å²) < 4.78 is 14.1. The van der Waals surface area contributed by atoms with Gasteiger partial charge in [0.2, 0.25) is 0 Å². The van der Waals surface area contributed by atoms with Crippen LogP contribution in [0.2, 0.25) is 4.34 Å². The quantitative estimate of drug-likeness (QED) is 0.851. The molecular weight excluding hydrogens is 311 g/mol. The first-order chi connectivity index (χ1) is 10.1. The Balaban J connectivity index is 1.76. The molecule has 0 aliphatic rings. The third-order valence-corrected chi connectivity index (χ3v) is 4.42. The normalized spacial score (nSPS) is 12.0. The van der Waals surface area contributed by atoms with Gasteiger partial charge in [0.25, 0.3) is 0 Å². The Morgan fingerprint density at radius 1 is 1.33 bits per heavy atom. The van der Waals surface area contributed by atoms with Crippen LogP contribution in [0.25, 0.3) is 0 Å². The molecule has 1 atom stereocenters. The van der Waals surface area contributed by atoms with Gasteiger partial charge in [-0.3, -0.25) is 0 Å². The number of nitrogens with one attached hydrogen (secondary N) is 2. The Hall–Kier alpha value is -1.59. The molecule has 2 aromatic rings. The van der Waals surface area contributed by atoms with Crippen molar-refractivity contribution in [2.75, 3.05) is 6.54 Å².